The molecule has 128 valence electrons. The van der Waals surface area contributed by atoms with Crippen molar-refractivity contribution in [2.24, 2.45) is 7.05 Å². The zero-order chi connectivity index (χ0) is 17.4. The molecule has 0 aromatic carbocycles. The van der Waals surface area contributed by atoms with Gasteiger partial charge in [-0.2, -0.15) is 0 Å². The van der Waals surface area contributed by atoms with E-state index >= 15 is 0 Å². The number of fused-ring (bicyclic) bond motifs is 1. The van der Waals surface area contributed by atoms with Crippen molar-refractivity contribution in [3.8, 4) is 11.5 Å². The van der Waals surface area contributed by atoms with Crippen LogP contribution in [0.25, 0.3) is 11.5 Å². The average molecular weight is 374 g/mol. The summed E-state index contributed by atoms with van der Waals surface area (Å²) in [6.45, 7) is 0.591. The number of hydrogen-bond donors (Lipinski definition) is 1. The Bertz CT molecular complexity index is 921. The SMILES string of the molecule is Cn1c(CNc2nc(-c3ccccn3)nc3c2CCC3)cc(Cl)c1Cl. The molecule has 1 aliphatic rings. The Kier molecular flexibility index (Phi) is 4.36. The van der Waals surface area contributed by atoms with Gasteiger partial charge in [0, 0.05) is 30.2 Å². The standard InChI is InChI=1S/C18H17Cl2N5/c1-25-11(9-13(19)16(25)20)10-22-17-12-5-4-7-14(12)23-18(24-17)15-6-2-3-8-21-15/h2-3,6,8-9H,4-5,7,10H2,1H3,(H,22,23,24). The molecular weight excluding hydrogens is 357 g/mol. The molecule has 3 heterocycles. The van der Waals surface area contributed by atoms with Crippen LogP contribution in [0.1, 0.15) is 23.4 Å². The fourth-order valence-corrected chi connectivity index (χ4v) is 3.54. The van der Waals surface area contributed by atoms with Gasteiger partial charge < -0.3 is 9.88 Å². The van der Waals surface area contributed by atoms with Gasteiger partial charge in [-0.25, -0.2) is 9.97 Å². The van der Waals surface area contributed by atoms with E-state index < -0.39 is 0 Å². The first-order valence-corrected chi connectivity index (χ1v) is 8.93. The first-order valence-electron chi connectivity index (χ1n) is 8.18. The van der Waals surface area contributed by atoms with Crippen molar-refractivity contribution in [1.82, 2.24) is 19.5 Å². The molecule has 0 unspecified atom stereocenters. The maximum Gasteiger partial charge on any atom is 0.180 e. The molecule has 1 N–H and O–H groups in total. The summed E-state index contributed by atoms with van der Waals surface area (Å²) < 4.78 is 1.87. The minimum atomic E-state index is 0.542. The lowest BCUT2D eigenvalue weighted by Crippen LogP contribution is -2.10. The van der Waals surface area contributed by atoms with E-state index in [0.717, 1.165) is 42.2 Å². The molecule has 3 aromatic heterocycles. The summed E-state index contributed by atoms with van der Waals surface area (Å²) in [7, 11) is 1.90. The van der Waals surface area contributed by atoms with E-state index in [9.17, 15) is 0 Å². The molecule has 0 bridgehead atoms. The van der Waals surface area contributed by atoms with Crippen molar-refractivity contribution >= 4 is 29.0 Å². The maximum absolute atomic E-state index is 6.15. The van der Waals surface area contributed by atoms with Gasteiger partial charge in [0.05, 0.1) is 11.6 Å². The lowest BCUT2D eigenvalue weighted by Gasteiger charge is -2.12. The van der Waals surface area contributed by atoms with Gasteiger partial charge in [0.25, 0.3) is 0 Å². The van der Waals surface area contributed by atoms with Gasteiger partial charge in [-0.05, 0) is 37.5 Å². The lowest BCUT2D eigenvalue weighted by molar-refractivity contribution is 0.839. The first-order chi connectivity index (χ1) is 12.1. The van der Waals surface area contributed by atoms with Gasteiger partial charge in [-0.15, -0.1) is 0 Å². The number of halogens is 2. The van der Waals surface area contributed by atoms with Gasteiger partial charge >= 0.3 is 0 Å². The van der Waals surface area contributed by atoms with E-state index in [0.29, 0.717) is 22.5 Å². The van der Waals surface area contributed by atoms with Crippen molar-refractivity contribution in [1.29, 1.82) is 0 Å². The zero-order valence-electron chi connectivity index (χ0n) is 13.8. The number of nitrogens with zero attached hydrogens (tertiary/aromatic N) is 4. The van der Waals surface area contributed by atoms with Crippen molar-refractivity contribution < 1.29 is 0 Å². The second-order valence-corrected chi connectivity index (χ2v) is 6.84. The summed E-state index contributed by atoms with van der Waals surface area (Å²) in [5.41, 5.74) is 4.09. The summed E-state index contributed by atoms with van der Waals surface area (Å²) in [6, 6.07) is 7.63. The molecule has 4 rings (SSSR count). The third-order valence-corrected chi connectivity index (χ3v) is 5.32. The molecule has 0 fully saturated rings. The minimum Gasteiger partial charge on any atom is -0.364 e. The van der Waals surface area contributed by atoms with Crippen molar-refractivity contribution in [2.45, 2.75) is 25.8 Å². The summed E-state index contributed by atoms with van der Waals surface area (Å²) in [4.78, 5) is 13.8. The molecule has 25 heavy (non-hydrogen) atoms. The Morgan fingerprint density at radius 3 is 2.80 bits per heavy atom. The minimum absolute atomic E-state index is 0.542. The van der Waals surface area contributed by atoms with E-state index in [1.54, 1.807) is 6.20 Å². The molecule has 0 radical (unpaired) electrons. The van der Waals surface area contributed by atoms with Crippen LogP contribution in [-0.4, -0.2) is 19.5 Å². The van der Waals surface area contributed by atoms with Gasteiger partial charge in [0.15, 0.2) is 5.82 Å². The molecule has 0 saturated carbocycles. The van der Waals surface area contributed by atoms with E-state index in [-0.39, 0.29) is 0 Å². The van der Waals surface area contributed by atoms with E-state index in [2.05, 4.69) is 10.3 Å². The smallest absolute Gasteiger partial charge is 0.180 e. The summed E-state index contributed by atoms with van der Waals surface area (Å²) in [5, 5.41) is 4.54. The Morgan fingerprint density at radius 2 is 2.08 bits per heavy atom. The topological polar surface area (TPSA) is 55.6 Å². The number of nitrogens with one attached hydrogen (secondary N) is 1. The van der Waals surface area contributed by atoms with Crippen LogP contribution >= 0.6 is 23.2 Å². The molecule has 5 nitrogen and oxygen atoms in total. The number of pyridine rings is 1. The molecule has 0 atom stereocenters. The Morgan fingerprint density at radius 1 is 1.20 bits per heavy atom. The van der Waals surface area contributed by atoms with Crippen LogP contribution in [0.3, 0.4) is 0 Å². The fraction of sp³-hybridized carbons (Fsp3) is 0.278. The summed E-state index contributed by atoms with van der Waals surface area (Å²) in [6.07, 6.45) is 4.84. The fourth-order valence-electron chi connectivity index (χ4n) is 3.12. The van der Waals surface area contributed by atoms with Crippen LogP contribution < -0.4 is 5.32 Å². The van der Waals surface area contributed by atoms with E-state index in [1.807, 2.05) is 35.9 Å². The van der Waals surface area contributed by atoms with Gasteiger partial charge in [-0.1, -0.05) is 29.3 Å². The van der Waals surface area contributed by atoms with Crippen molar-refractivity contribution in [3.05, 3.63) is 57.6 Å². The number of aryl methyl sites for hydroxylation is 1. The highest BCUT2D eigenvalue weighted by Crippen LogP contribution is 2.30. The number of rotatable bonds is 4. The van der Waals surface area contributed by atoms with E-state index in [4.69, 9.17) is 33.2 Å². The monoisotopic (exact) mass is 373 g/mol. The van der Waals surface area contributed by atoms with Crippen LogP contribution in [0.15, 0.2) is 30.5 Å². The van der Waals surface area contributed by atoms with Crippen molar-refractivity contribution in [2.75, 3.05) is 5.32 Å². The van der Waals surface area contributed by atoms with Gasteiger partial charge in [0.1, 0.15) is 16.7 Å². The average Bonchev–Trinajstić information content (AvgIpc) is 3.21. The number of aromatic nitrogens is 4. The predicted molar refractivity (Wildman–Crippen MR) is 100 cm³/mol. The zero-order valence-corrected chi connectivity index (χ0v) is 15.3. The summed E-state index contributed by atoms with van der Waals surface area (Å²) >= 11 is 12.2. The van der Waals surface area contributed by atoms with Crippen molar-refractivity contribution in [3.63, 3.8) is 0 Å². The molecular formula is C18H17Cl2N5. The molecule has 0 spiro atoms. The van der Waals surface area contributed by atoms with Gasteiger partial charge in [-0.3, -0.25) is 4.98 Å². The largest absolute Gasteiger partial charge is 0.364 e. The summed E-state index contributed by atoms with van der Waals surface area (Å²) in [5.74, 6) is 1.53. The first kappa shape index (κ1) is 16.4. The van der Waals surface area contributed by atoms with E-state index in [1.165, 1.54) is 5.56 Å². The molecule has 0 aliphatic heterocycles. The third kappa shape index (κ3) is 3.10. The molecule has 0 saturated heterocycles. The van der Waals surface area contributed by atoms with Crippen LogP contribution in [0.5, 0.6) is 0 Å². The Balaban J connectivity index is 1.67. The van der Waals surface area contributed by atoms with Crippen LogP contribution in [0.2, 0.25) is 10.2 Å². The van der Waals surface area contributed by atoms with Gasteiger partial charge in [0.2, 0.25) is 0 Å². The molecule has 1 aliphatic carbocycles. The third-order valence-electron chi connectivity index (χ3n) is 4.48. The maximum atomic E-state index is 6.15. The lowest BCUT2D eigenvalue weighted by atomic mass is 10.2. The van der Waals surface area contributed by atoms with Crippen LogP contribution in [0, 0.1) is 0 Å². The highest BCUT2D eigenvalue weighted by atomic mass is 35.5. The molecule has 7 heteroatoms. The quantitative estimate of drug-likeness (QED) is 0.741. The highest BCUT2D eigenvalue weighted by Gasteiger charge is 2.20. The predicted octanol–water partition coefficient (Wildman–Crippen LogP) is 4.28. The Labute approximate surface area is 156 Å². The molecule has 0 amide bonds. The Hall–Kier alpha value is -2.11. The van der Waals surface area contributed by atoms with Crippen LogP contribution in [-0.2, 0) is 26.4 Å². The number of hydrogen-bond acceptors (Lipinski definition) is 4. The second-order valence-electron chi connectivity index (χ2n) is 6.08. The normalized spacial score (nSPS) is 13.1. The highest BCUT2D eigenvalue weighted by molar-refractivity contribution is 6.41. The second kappa shape index (κ2) is 6.65. The van der Waals surface area contributed by atoms with Crippen LogP contribution in [0.4, 0.5) is 5.82 Å². The molecule has 3 aromatic rings. The number of anilines is 1.